The number of piperidine rings is 1. The molecule has 0 aromatic heterocycles. The van der Waals surface area contributed by atoms with Gasteiger partial charge in [-0.2, -0.15) is 0 Å². The Morgan fingerprint density at radius 1 is 1.26 bits per heavy atom. The van der Waals surface area contributed by atoms with Gasteiger partial charge in [-0.25, -0.2) is 4.79 Å². The predicted molar refractivity (Wildman–Crippen MR) is 95.9 cm³/mol. The van der Waals surface area contributed by atoms with Crippen molar-refractivity contribution < 1.29 is 9.53 Å². The van der Waals surface area contributed by atoms with Gasteiger partial charge in [-0.1, -0.05) is 13.8 Å². The summed E-state index contributed by atoms with van der Waals surface area (Å²) in [5.74, 6) is 0. The topological polar surface area (TPSA) is 44.8 Å². The van der Waals surface area contributed by atoms with Gasteiger partial charge < -0.3 is 19.9 Å². The quantitative estimate of drug-likeness (QED) is 0.696. The van der Waals surface area contributed by atoms with E-state index in [9.17, 15) is 4.79 Å². The normalized spacial score (nSPS) is 19.2. The summed E-state index contributed by atoms with van der Waals surface area (Å²) in [7, 11) is 0. The molecule has 1 saturated heterocycles. The smallest absolute Gasteiger partial charge is 0.410 e. The Bertz CT molecular complexity index is 338. The molecule has 1 unspecified atom stereocenters. The van der Waals surface area contributed by atoms with Gasteiger partial charge in [0.15, 0.2) is 0 Å². The number of hydrogen-bond acceptors (Lipinski definition) is 4. The van der Waals surface area contributed by atoms with Crippen molar-refractivity contribution in [2.75, 3.05) is 39.3 Å². The lowest BCUT2D eigenvalue weighted by Gasteiger charge is -2.37. The minimum atomic E-state index is -0.420. The molecule has 0 saturated carbocycles. The van der Waals surface area contributed by atoms with Crippen LogP contribution in [0.3, 0.4) is 0 Å². The Kier molecular flexibility index (Phi) is 8.92. The highest BCUT2D eigenvalue weighted by atomic mass is 16.6. The number of likely N-dealkylation sites (tertiary alicyclic amines) is 1. The highest BCUT2D eigenvalue weighted by Gasteiger charge is 2.29. The molecule has 0 aliphatic carbocycles. The fraction of sp³-hybridized carbons (Fsp3) is 0.944. The van der Waals surface area contributed by atoms with Crippen molar-refractivity contribution in [1.29, 1.82) is 0 Å². The fourth-order valence-corrected chi connectivity index (χ4v) is 3.01. The molecular formula is C18H37N3O2. The van der Waals surface area contributed by atoms with Gasteiger partial charge in [0.05, 0.1) is 0 Å². The van der Waals surface area contributed by atoms with E-state index in [1.807, 2.05) is 25.7 Å². The minimum Gasteiger partial charge on any atom is -0.444 e. The van der Waals surface area contributed by atoms with Crippen LogP contribution in [0.4, 0.5) is 4.79 Å². The molecule has 0 spiro atoms. The van der Waals surface area contributed by atoms with E-state index in [0.29, 0.717) is 0 Å². The van der Waals surface area contributed by atoms with Gasteiger partial charge in [0, 0.05) is 19.1 Å². The molecule has 1 heterocycles. The second-order valence-electron chi connectivity index (χ2n) is 7.41. The zero-order valence-corrected chi connectivity index (χ0v) is 15.9. The van der Waals surface area contributed by atoms with Crippen molar-refractivity contribution in [2.45, 2.75) is 71.9 Å². The lowest BCUT2D eigenvalue weighted by molar-refractivity contribution is 0.00996. The van der Waals surface area contributed by atoms with E-state index >= 15 is 0 Å². The maximum atomic E-state index is 12.3. The van der Waals surface area contributed by atoms with E-state index in [4.69, 9.17) is 4.74 Å². The summed E-state index contributed by atoms with van der Waals surface area (Å²) in [6.07, 6.45) is 4.35. The zero-order valence-electron chi connectivity index (χ0n) is 15.9. The first kappa shape index (κ1) is 20.2. The molecule has 1 amide bonds. The van der Waals surface area contributed by atoms with Crippen LogP contribution in [0.15, 0.2) is 0 Å². The van der Waals surface area contributed by atoms with E-state index in [2.05, 4.69) is 24.1 Å². The fourth-order valence-electron chi connectivity index (χ4n) is 3.01. The van der Waals surface area contributed by atoms with Gasteiger partial charge in [0.1, 0.15) is 5.60 Å². The number of ether oxygens (including phenoxy) is 1. The summed E-state index contributed by atoms with van der Waals surface area (Å²) in [5.41, 5.74) is -0.420. The molecule has 136 valence electrons. The molecule has 23 heavy (non-hydrogen) atoms. The molecule has 0 bridgehead atoms. The van der Waals surface area contributed by atoms with E-state index in [0.717, 1.165) is 58.5 Å². The minimum absolute atomic E-state index is 0.160. The van der Waals surface area contributed by atoms with Crippen LogP contribution in [0.25, 0.3) is 0 Å². The molecule has 1 rings (SSSR count). The van der Waals surface area contributed by atoms with E-state index in [-0.39, 0.29) is 12.1 Å². The summed E-state index contributed by atoms with van der Waals surface area (Å²) in [6, 6.07) is 0.270. The van der Waals surface area contributed by atoms with Gasteiger partial charge in [-0.05, 0) is 72.6 Å². The van der Waals surface area contributed by atoms with Crippen LogP contribution in [0, 0.1) is 0 Å². The summed E-state index contributed by atoms with van der Waals surface area (Å²) in [4.78, 5) is 16.7. The highest BCUT2D eigenvalue weighted by Crippen LogP contribution is 2.20. The van der Waals surface area contributed by atoms with Gasteiger partial charge in [-0.15, -0.1) is 0 Å². The van der Waals surface area contributed by atoms with Crippen molar-refractivity contribution >= 4 is 6.09 Å². The predicted octanol–water partition coefficient (Wildman–Crippen LogP) is 3.10. The lowest BCUT2D eigenvalue weighted by atomic mass is 10.0. The highest BCUT2D eigenvalue weighted by molar-refractivity contribution is 5.68. The van der Waals surface area contributed by atoms with Gasteiger partial charge in [-0.3, -0.25) is 0 Å². The standard InChI is InChI=1S/C18H37N3O2/c1-6-20(7-2)13-10-12-19-15-16-11-8-9-14-21(16)17(22)23-18(3,4)5/h16,19H,6-15H2,1-5H3. The van der Waals surface area contributed by atoms with Crippen LogP contribution in [0.1, 0.15) is 60.3 Å². The monoisotopic (exact) mass is 327 g/mol. The van der Waals surface area contributed by atoms with Crippen LogP contribution >= 0.6 is 0 Å². The molecule has 0 radical (unpaired) electrons. The Morgan fingerprint density at radius 2 is 1.96 bits per heavy atom. The third kappa shape index (κ3) is 8.02. The number of rotatable bonds is 8. The van der Waals surface area contributed by atoms with Crippen LogP contribution in [0.2, 0.25) is 0 Å². The Hall–Kier alpha value is -0.810. The number of carbonyl (C=O) groups is 1. The van der Waals surface area contributed by atoms with Crippen LogP contribution in [0.5, 0.6) is 0 Å². The van der Waals surface area contributed by atoms with E-state index < -0.39 is 5.60 Å². The molecule has 1 N–H and O–H groups in total. The maximum Gasteiger partial charge on any atom is 0.410 e. The number of hydrogen-bond donors (Lipinski definition) is 1. The molecule has 1 fully saturated rings. The van der Waals surface area contributed by atoms with Gasteiger partial charge in [0.2, 0.25) is 0 Å². The number of amides is 1. The Labute approximate surface area is 142 Å². The van der Waals surface area contributed by atoms with Crippen LogP contribution in [-0.4, -0.2) is 66.8 Å². The molecule has 5 nitrogen and oxygen atoms in total. The summed E-state index contributed by atoms with van der Waals surface area (Å²) < 4.78 is 5.55. The number of nitrogens with one attached hydrogen (secondary N) is 1. The maximum absolute atomic E-state index is 12.3. The average Bonchev–Trinajstić information content (AvgIpc) is 2.49. The summed E-state index contributed by atoms with van der Waals surface area (Å²) >= 11 is 0. The second kappa shape index (κ2) is 10.1. The third-order valence-electron chi connectivity index (χ3n) is 4.36. The number of nitrogens with zero attached hydrogens (tertiary/aromatic N) is 2. The van der Waals surface area contributed by atoms with Crippen molar-refractivity contribution in [3.63, 3.8) is 0 Å². The number of carbonyl (C=O) groups excluding carboxylic acids is 1. The van der Waals surface area contributed by atoms with Gasteiger partial charge in [0.25, 0.3) is 0 Å². The van der Waals surface area contributed by atoms with E-state index in [1.54, 1.807) is 0 Å². The Morgan fingerprint density at radius 3 is 2.57 bits per heavy atom. The first-order valence-corrected chi connectivity index (χ1v) is 9.30. The Balaban J connectivity index is 2.33. The summed E-state index contributed by atoms with van der Waals surface area (Å²) in [6.45, 7) is 16.3. The SMILES string of the molecule is CCN(CC)CCCNCC1CCCCN1C(=O)OC(C)(C)C. The van der Waals surface area contributed by atoms with Crippen molar-refractivity contribution in [3.8, 4) is 0 Å². The zero-order chi connectivity index (χ0) is 17.3. The molecule has 1 aliphatic heterocycles. The first-order chi connectivity index (χ1) is 10.9. The van der Waals surface area contributed by atoms with E-state index in [1.165, 1.54) is 6.42 Å². The molecule has 0 aromatic carbocycles. The lowest BCUT2D eigenvalue weighted by Crippen LogP contribution is -2.50. The second-order valence-corrected chi connectivity index (χ2v) is 7.41. The summed E-state index contributed by atoms with van der Waals surface area (Å²) in [5, 5.41) is 3.53. The molecule has 1 aliphatic rings. The van der Waals surface area contributed by atoms with Crippen LogP contribution in [-0.2, 0) is 4.74 Å². The van der Waals surface area contributed by atoms with Crippen LogP contribution < -0.4 is 5.32 Å². The third-order valence-corrected chi connectivity index (χ3v) is 4.36. The average molecular weight is 328 g/mol. The van der Waals surface area contributed by atoms with Crippen molar-refractivity contribution in [1.82, 2.24) is 15.1 Å². The molecule has 1 atom stereocenters. The van der Waals surface area contributed by atoms with Crippen molar-refractivity contribution in [2.24, 2.45) is 0 Å². The molecular weight excluding hydrogens is 290 g/mol. The first-order valence-electron chi connectivity index (χ1n) is 9.30. The largest absolute Gasteiger partial charge is 0.444 e. The molecule has 5 heteroatoms. The van der Waals surface area contributed by atoms with Crippen molar-refractivity contribution in [3.05, 3.63) is 0 Å². The molecule has 0 aromatic rings. The van der Waals surface area contributed by atoms with Gasteiger partial charge >= 0.3 is 6.09 Å².